The van der Waals surface area contributed by atoms with E-state index >= 15 is 0 Å². The van der Waals surface area contributed by atoms with Crippen LogP contribution in [0.1, 0.15) is 15.2 Å². The third-order valence-corrected chi connectivity index (χ3v) is 3.81. The Morgan fingerprint density at radius 2 is 2.39 bits per heavy atom. The van der Waals surface area contributed by atoms with E-state index in [1.807, 2.05) is 12.1 Å². The summed E-state index contributed by atoms with van der Waals surface area (Å²) in [7, 11) is 1.69. The number of amides is 1. The largest absolute Gasteiger partial charge is 0.383 e. The van der Waals surface area contributed by atoms with Gasteiger partial charge in [-0.2, -0.15) is 5.10 Å². The first-order chi connectivity index (χ1) is 8.58. The normalized spacial score (nSPS) is 10.6. The van der Waals surface area contributed by atoms with Crippen LogP contribution in [0.5, 0.6) is 0 Å². The maximum Gasteiger partial charge on any atom is 0.256 e. The van der Waals surface area contributed by atoms with E-state index < -0.39 is 0 Å². The third-order valence-electron chi connectivity index (χ3n) is 2.52. The molecule has 2 aromatic heterocycles. The van der Waals surface area contributed by atoms with Crippen LogP contribution in [0.15, 0.2) is 18.3 Å². The monoisotopic (exact) mass is 284 g/mol. The summed E-state index contributed by atoms with van der Waals surface area (Å²) >= 11 is 7.34. The fourth-order valence-corrected chi connectivity index (χ4v) is 2.59. The van der Waals surface area contributed by atoms with Crippen LogP contribution in [0.25, 0.3) is 0 Å². The van der Waals surface area contributed by atoms with Crippen LogP contribution in [-0.2, 0) is 13.5 Å². The van der Waals surface area contributed by atoms with Gasteiger partial charge in [0.05, 0.1) is 10.5 Å². The number of anilines is 1. The number of aryl methyl sites for hydroxylation is 1. The maximum absolute atomic E-state index is 11.8. The number of nitrogens with zero attached hydrogens (tertiary/aromatic N) is 2. The van der Waals surface area contributed by atoms with Gasteiger partial charge in [0.25, 0.3) is 5.91 Å². The summed E-state index contributed by atoms with van der Waals surface area (Å²) in [5.41, 5.74) is 6.12. The maximum atomic E-state index is 11.8. The van der Waals surface area contributed by atoms with Crippen molar-refractivity contribution in [3.63, 3.8) is 0 Å². The Hall–Kier alpha value is -1.53. The van der Waals surface area contributed by atoms with E-state index in [0.29, 0.717) is 17.9 Å². The van der Waals surface area contributed by atoms with Gasteiger partial charge in [-0.25, -0.2) is 0 Å². The zero-order valence-corrected chi connectivity index (χ0v) is 11.4. The van der Waals surface area contributed by atoms with Gasteiger partial charge in [-0.15, -0.1) is 11.3 Å². The lowest BCUT2D eigenvalue weighted by atomic mass is 10.3. The Kier molecular flexibility index (Phi) is 3.88. The molecule has 5 nitrogen and oxygen atoms in total. The van der Waals surface area contributed by atoms with Crippen molar-refractivity contribution in [2.24, 2.45) is 7.05 Å². The van der Waals surface area contributed by atoms with Crippen LogP contribution in [0, 0.1) is 0 Å². The molecule has 0 saturated carbocycles. The number of carbonyl (C=O) groups excluding carboxylic acids is 1. The van der Waals surface area contributed by atoms with Crippen molar-refractivity contribution in [2.75, 3.05) is 12.3 Å². The number of halogens is 1. The highest BCUT2D eigenvalue weighted by atomic mass is 35.5. The zero-order valence-electron chi connectivity index (χ0n) is 9.81. The van der Waals surface area contributed by atoms with Crippen molar-refractivity contribution in [3.05, 3.63) is 33.1 Å². The second-order valence-electron chi connectivity index (χ2n) is 3.78. The van der Waals surface area contributed by atoms with Crippen LogP contribution < -0.4 is 11.1 Å². The van der Waals surface area contributed by atoms with E-state index in [9.17, 15) is 4.79 Å². The smallest absolute Gasteiger partial charge is 0.256 e. The highest BCUT2D eigenvalue weighted by molar-refractivity contribution is 7.16. The molecule has 0 saturated heterocycles. The summed E-state index contributed by atoms with van der Waals surface area (Å²) in [5.74, 6) is 0.162. The summed E-state index contributed by atoms with van der Waals surface area (Å²) in [6.07, 6.45) is 2.22. The van der Waals surface area contributed by atoms with Crippen molar-refractivity contribution in [1.29, 1.82) is 0 Å². The van der Waals surface area contributed by atoms with Crippen LogP contribution in [0.4, 0.5) is 5.82 Å². The van der Waals surface area contributed by atoms with Crippen LogP contribution in [-0.4, -0.2) is 22.2 Å². The molecule has 0 unspecified atom stereocenters. The number of nitrogens with two attached hydrogens (primary N) is 1. The number of rotatable bonds is 4. The van der Waals surface area contributed by atoms with Crippen LogP contribution in [0.3, 0.4) is 0 Å². The van der Waals surface area contributed by atoms with Gasteiger partial charge in [0.15, 0.2) is 0 Å². The SMILES string of the molecule is Cn1ncc(C(=O)NCCc2ccc(Cl)s2)c1N. The van der Waals surface area contributed by atoms with E-state index in [2.05, 4.69) is 10.4 Å². The number of nitrogens with one attached hydrogen (secondary N) is 1. The first kappa shape index (κ1) is 12.9. The summed E-state index contributed by atoms with van der Waals surface area (Å²) < 4.78 is 2.22. The molecule has 2 rings (SSSR count). The van der Waals surface area contributed by atoms with E-state index in [-0.39, 0.29) is 5.91 Å². The summed E-state index contributed by atoms with van der Waals surface area (Å²) in [6.45, 7) is 0.546. The molecule has 0 aliphatic rings. The minimum Gasteiger partial charge on any atom is -0.383 e. The molecule has 0 fully saturated rings. The molecule has 0 spiro atoms. The molecule has 0 aliphatic heterocycles. The molecule has 0 aliphatic carbocycles. The molecule has 2 heterocycles. The molecular weight excluding hydrogens is 272 g/mol. The average molecular weight is 285 g/mol. The van der Waals surface area contributed by atoms with Crippen molar-refractivity contribution in [3.8, 4) is 0 Å². The predicted molar refractivity (Wildman–Crippen MR) is 73.0 cm³/mol. The van der Waals surface area contributed by atoms with Crippen molar-refractivity contribution in [1.82, 2.24) is 15.1 Å². The van der Waals surface area contributed by atoms with Gasteiger partial charge in [0.2, 0.25) is 0 Å². The minimum absolute atomic E-state index is 0.205. The topological polar surface area (TPSA) is 72.9 Å². The highest BCUT2D eigenvalue weighted by Gasteiger charge is 2.12. The Balaban J connectivity index is 1.87. The fourth-order valence-electron chi connectivity index (χ4n) is 1.50. The second kappa shape index (κ2) is 5.41. The molecule has 96 valence electrons. The number of thiophene rings is 1. The van der Waals surface area contributed by atoms with Crippen LogP contribution >= 0.6 is 22.9 Å². The van der Waals surface area contributed by atoms with E-state index in [0.717, 1.165) is 15.6 Å². The standard InChI is InChI=1S/C11H13ClN4OS/c1-16-10(13)8(6-15-16)11(17)14-5-4-7-2-3-9(12)18-7/h2-3,6H,4-5,13H2,1H3,(H,14,17). The van der Waals surface area contributed by atoms with Gasteiger partial charge in [-0.3, -0.25) is 9.48 Å². The molecule has 0 radical (unpaired) electrons. The van der Waals surface area contributed by atoms with E-state index in [4.69, 9.17) is 17.3 Å². The number of aromatic nitrogens is 2. The second-order valence-corrected chi connectivity index (χ2v) is 5.58. The summed E-state index contributed by atoms with van der Waals surface area (Å²) in [6, 6.07) is 3.81. The Bertz CT molecular complexity index is 563. The third kappa shape index (κ3) is 2.83. The zero-order chi connectivity index (χ0) is 13.1. The van der Waals surface area contributed by atoms with Crippen molar-refractivity contribution >= 4 is 34.7 Å². The van der Waals surface area contributed by atoms with Gasteiger partial charge < -0.3 is 11.1 Å². The molecule has 0 bridgehead atoms. The molecule has 0 atom stereocenters. The van der Waals surface area contributed by atoms with Gasteiger partial charge in [-0.1, -0.05) is 11.6 Å². The summed E-state index contributed by atoms with van der Waals surface area (Å²) in [4.78, 5) is 12.9. The molecular formula is C11H13ClN4OS. The minimum atomic E-state index is -0.205. The first-order valence-electron chi connectivity index (χ1n) is 5.38. The van der Waals surface area contributed by atoms with Gasteiger partial charge in [-0.05, 0) is 18.6 Å². The summed E-state index contributed by atoms with van der Waals surface area (Å²) in [5, 5.41) is 6.72. The average Bonchev–Trinajstić information content (AvgIpc) is 2.87. The van der Waals surface area contributed by atoms with Crippen molar-refractivity contribution < 1.29 is 4.79 Å². The number of nitrogen functional groups attached to an aromatic ring is 1. The Morgan fingerprint density at radius 1 is 1.61 bits per heavy atom. The van der Waals surface area contributed by atoms with E-state index in [1.165, 1.54) is 22.2 Å². The molecule has 7 heteroatoms. The lowest BCUT2D eigenvalue weighted by Crippen LogP contribution is -2.26. The number of hydrogen-bond acceptors (Lipinski definition) is 4. The van der Waals surface area contributed by atoms with Crippen LogP contribution in [0.2, 0.25) is 4.34 Å². The van der Waals surface area contributed by atoms with Gasteiger partial charge in [0, 0.05) is 18.5 Å². The predicted octanol–water partition coefficient (Wildman–Crippen LogP) is 1.69. The lowest BCUT2D eigenvalue weighted by Gasteiger charge is -2.03. The Labute approximate surface area is 114 Å². The van der Waals surface area contributed by atoms with Gasteiger partial charge in [0.1, 0.15) is 11.4 Å². The number of hydrogen-bond donors (Lipinski definition) is 2. The molecule has 18 heavy (non-hydrogen) atoms. The quantitative estimate of drug-likeness (QED) is 0.897. The fraction of sp³-hybridized carbons (Fsp3) is 0.273. The molecule has 3 N–H and O–H groups in total. The molecule has 1 amide bonds. The lowest BCUT2D eigenvalue weighted by molar-refractivity contribution is 0.0955. The molecule has 0 aromatic carbocycles. The molecule has 2 aromatic rings. The highest BCUT2D eigenvalue weighted by Crippen LogP contribution is 2.21. The van der Waals surface area contributed by atoms with Gasteiger partial charge >= 0.3 is 0 Å². The Morgan fingerprint density at radius 3 is 2.94 bits per heavy atom. The van der Waals surface area contributed by atoms with E-state index in [1.54, 1.807) is 7.05 Å². The number of carbonyl (C=O) groups is 1. The first-order valence-corrected chi connectivity index (χ1v) is 6.57. The van der Waals surface area contributed by atoms with Crippen molar-refractivity contribution in [2.45, 2.75) is 6.42 Å².